The molecule has 0 spiro atoms. The molecule has 6 N–H and O–H groups in total. The van der Waals surface area contributed by atoms with Crippen molar-refractivity contribution in [3.8, 4) is 0 Å². The zero-order valence-corrected chi connectivity index (χ0v) is 21.0. The Hall–Kier alpha value is -3.12. The maximum absolute atomic E-state index is 13.7. The van der Waals surface area contributed by atoms with Crippen LogP contribution >= 0.6 is 0 Å². The molecule has 2 atom stereocenters. The number of amides is 1. The highest BCUT2D eigenvalue weighted by Crippen LogP contribution is 2.27. The number of thiol groups is 1. The summed E-state index contributed by atoms with van der Waals surface area (Å²) in [5.74, 6) is -1.49. The van der Waals surface area contributed by atoms with Crippen molar-refractivity contribution in [3.63, 3.8) is 0 Å². The van der Waals surface area contributed by atoms with Crippen LogP contribution in [0.4, 0.5) is 18.9 Å². The minimum absolute atomic E-state index is 0.0545. The second-order valence-electron chi connectivity index (χ2n) is 8.44. The minimum atomic E-state index is -1.02. The number of nitrogens with zero attached hydrogens (tertiary/aromatic N) is 2. The van der Waals surface area contributed by atoms with Gasteiger partial charge in [-0.1, -0.05) is 6.58 Å². The van der Waals surface area contributed by atoms with Crippen molar-refractivity contribution in [1.29, 1.82) is 0 Å². The molecule has 1 saturated carbocycles. The number of carbonyl (C=O) groups excluding carboxylic acids is 1. The molecule has 3 rings (SSSR count). The molecule has 0 aromatic heterocycles. The van der Waals surface area contributed by atoms with E-state index in [-0.39, 0.29) is 23.7 Å². The summed E-state index contributed by atoms with van der Waals surface area (Å²) in [7, 11) is 0. The lowest BCUT2D eigenvalue weighted by molar-refractivity contribution is -0.117. The second kappa shape index (κ2) is 12.7. The van der Waals surface area contributed by atoms with Crippen molar-refractivity contribution >= 4 is 29.4 Å². The van der Waals surface area contributed by atoms with Crippen molar-refractivity contribution in [3.05, 3.63) is 65.3 Å². The van der Waals surface area contributed by atoms with Gasteiger partial charge in [0.25, 0.3) is 5.91 Å². The summed E-state index contributed by atoms with van der Waals surface area (Å²) in [6, 6.07) is 2.66. The molecule has 196 valence electrons. The largest absolute Gasteiger partial charge is 0.482 e. The Morgan fingerprint density at radius 1 is 1.31 bits per heavy atom. The zero-order chi connectivity index (χ0) is 26.2. The number of anilines is 1. The summed E-state index contributed by atoms with van der Waals surface area (Å²) < 4.78 is 50.0. The van der Waals surface area contributed by atoms with Gasteiger partial charge in [-0.25, -0.2) is 18.2 Å². The van der Waals surface area contributed by atoms with E-state index in [2.05, 4.69) is 21.6 Å². The lowest BCUT2D eigenvalue weighted by Crippen LogP contribution is -2.38. The number of allylic oxidation sites excluding steroid dienone is 1. The van der Waals surface area contributed by atoms with Crippen LogP contribution in [-0.2, 0) is 21.5 Å². The van der Waals surface area contributed by atoms with E-state index < -0.39 is 29.8 Å². The van der Waals surface area contributed by atoms with Gasteiger partial charge in [0.1, 0.15) is 35.6 Å². The number of amidine groups is 1. The van der Waals surface area contributed by atoms with E-state index in [1.165, 1.54) is 0 Å². The van der Waals surface area contributed by atoms with Gasteiger partial charge in [0.05, 0.1) is 24.2 Å². The number of benzene rings is 1. The van der Waals surface area contributed by atoms with E-state index in [1.807, 2.05) is 13.0 Å². The molecule has 1 aromatic carbocycles. The predicted molar refractivity (Wildman–Crippen MR) is 138 cm³/mol. The van der Waals surface area contributed by atoms with Crippen molar-refractivity contribution in [1.82, 2.24) is 9.62 Å². The van der Waals surface area contributed by atoms with E-state index in [1.54, 1.807) is 4.90 Å². The number of aliphatic imine (C=N–C) groups is 1. The van der Waals surface area contributed by atoms with Gasteiger partial charge in [-0.15, -0.1) is 4.72 Å². The van der Waals surface area contributed by atoms with Gasteiger partial charge in [0, 0.05) is 36.8 Å². The Kier molecular flexibility index (Phi) is 9.71. The van der Waals surface area contributed by atoms with Gasteiger partial charge in [-0.05, 0) is 38.0 Å². The van der Waals surface area contributed by atoms with E-state index >= 15 is 0 Å². The molecule has 1 aromatic rings. The first kappa shape index (κ1) is 27.5. The predicted octanol–water partition coefficient (Wildman–Crippen LogP) is 2.39. The van der Waals surface area contributed by atoms with Gasteiger partial charge in [-0.2, -0.15) is 0 Å². The molecule has 0 saturated heterocycles. The molecule has 1 heterocycles. The third-order valence-electron chi connectivity index (χ3n) is 5.68. The Morgan fingerprint density at radius 2 is 2.03 bits per heavy atom. The van der Waals surface area contributed by atoms with Gasteiger partial charge >= 0.3 is 0 Å². The quantitative estimate of drug-likeness (QED) is 0.109. The molecular formula is C24H32F3N6O2S+. The molecule has 1 fully saturated rings. The number of rotatable bonds is 12. The van der Waals surface area contributed by atoms with Crippen LogP contribution in [0.3, 0.4) is 0 Å². The number of halogens is 3. The molecule has 1 aliphatic heterocycles. The number of nitrogens with one attached hydrogen (secondary N) is 2. The van der Waals surface area contributed by atoms with Crippen LogP contribution in [0, 0.1) is 11.6 Å². The molecule has 12 heteroatoms. The molecule has 2 unspecified atom stereocenters. The normalized spacial score (nSPS) is 20.1. The fraction of sp³-hybridized carbons (Fsp3) is 0.417. The minimum Gasteiger partial charge on any atom is -0.482 e. The summed E-state index contributed by atoms with van der Waals surface area (Å²) in [6.45, 7) is 7.05. The van der Waals surface area contributed by atoms with Crippen LogP contribution in [0.15, 0.2) is 58.7 Å². The Balaban J connectivity index is 1.66. The van der Waals surface area contributed by atoms with E-state index in [0.717, 1.165) is 29.7 Å². The number of likely N-dealkylation sites (N-methyl/N-ethyl adjacent to an activating group) is 1. The number of hydrogen-bond acceptors (Lipinski definition) is 7. The fourth-order valence-corrected chi connectivity index (χ4v) is 4.66. The summed E-state index contributed by atoms with van der Waals surface area (Å²) >= 11 is 0.909. The summed E-state index contributed by atoms with van der Waals surface area (Å²) in [6.07, 6.45) is 1.19. The van der Waals surface area contributed by atoms with Gasteiger partial charge in [0.2, 0.25) is 5.76 Å². The first-order chi connectivity index (χ1) is 17.2. The summed E-state index contributed by atoms with van der Waals surface area (Å²) in [5, 5.41) is 2.43. The molecular weight excluding hydrogens is 493 g/mol. The van der Waals surface area contributed by atoms with Crippen LogP contribution in [0.5, 0.6) is 0 Å². The standard InChI is InChI=1S/C24H31F3N6O2S/c1-3-33(7-6-30-36-13-15-8-14(2)31-22(15)28)23(29)21(35-20-5-4-16(25)12-20)24(34)32-19-10-17(26)9-18(27)11-19/h8-11,16,20,30H,2-7,12-13,29H2,1H3,(H2,28,31)(H,32,34)/p+1/b23-21-. The van der Waals surface area contributed by atoms with Crippen LogP contribution in [0.25, 0.3) is 0 Å². The molecule has 8 nitrogen and oxygen atoms in total. The van der Waals surface area contributed by atoms with E-state index in [9.17, 15) is 18.0 Å². The Morgan fingerprint density at radius 3 is 2.61 bits per heavy atom. The van der Waals surface area contributed by atoms with Crippen molar-refractivity contribution in [2.75, 3.05) is 30.7 Å². The second-order valence-corrected chi connectivity index (χ2v) is 9.39. The number of nitrogens with two attached hydrogens (primary N) is 2. The first-order valence-corrected chi connectivity index (χ1v) is 12.7. The van der Waals surface area contributed by atoms with Crippen LogP contribution in [0.1, 0.15) is 26.2 Å². The highest BCUT2D eigenvalue weighted by molar-refractivity contribution is 7.76. The van der Waals surface area contributed by atoms with Gasteiger partial charge in [-0.3, -0.25) is 4.79 Å². The number of carbonyl (C=O) groups is 1. The summed E-state index contributed by atoms with van der Waals surface area (Å²) in [5.41, 5.74) is 13.6. The third kappa shape index (κ3) is 7.69. The average Bonchev–Trinajstić information content (AvgIpc) is 3.36. The first-order valence-electron chi connectivity index (χ1n) is 11.6. The topological polar surface area (TPSA) is 118 Å². The van der Waals surface area contributed by atoms with Gasteiger partial charge in [0.15, 0.2) is 5.75 Å². The van der Waals surface area contributed by atoms with E-state index in [0.29, 0.717) is 55.8 Å². The molecule has 0 radical (unpaired) electrons. The number of hydrogen-bond donors (Lipinski definition) is 4. The fourth-order valence-electron chi connectivity index (χ4n) is 3.86. The molecule has 36 heavy (non-hydrogen) atoms. The Bertz CT molecular complexity index is 1060. The van der Waals surface area contributed by atoms with Crippen molar-refractivity contribution in [2.45, 2.75) is 38.5 Å². The SMILES string of the molecule is C=C1C=C(C[SH+]NCCN(CC)/C(N)=C(\OC2CCC(F)C2)C(=O)Nc2cc(F)cc(F)c2)C(N)=N1. The lowest BCUT2D eigenvalue weighted by Gasteiger charge is -2.26. The lowest BCUT2D eigenvalue weighted by atomic mass is 10.2. The average molecular weight is 526 g/mol. The van der Waals surface area contributed by atoms with Crippen molar-refractivity contribution in [2.24, 2.45) is 16.5 Å². The maximum atomic E-state index is 13.7. The smallest absolute Gasteiger partial charge is 0.294 e. The Labute approximate surface area is 212 Å². The zero-order valence-electron chi connectivity index (χ0n) is 20.1. The van der Waals surface area contributed by atoms with Crippen LogP contribution < -0.4 is 21.5 Å². The third-order valence-corrected chi connectivity index (χ3v) is 6.62. The number of alkyl halides is 1. The molecule has 2 aliphatic rings. The van der Waals surface area contributed by atoms with E-state index in [4.69, 9.17) is 16.2 Å². The highest BCUT2D eigenvalue weighted by atomic mass is 32.2. The molecule has 1 amide bonds. The van der Waals surface area contributed by atoms with Crippen LogP contribution in [0.2, 0.25) is 0 Å². The highest BCUT2D eigenvalue weighted by Gasteiger charge is 2.30. The molecule has 1 aliphatic carbocycles. The monoisotopic (exact) mass is 525 g/mol. The number of ether oxygens (including phenoxy) is 1. The molecule has 0 bridgehead atoms. The maximum Gasteiger partial charge on any atom is 0.294 e. The van der Waals surface area contributed by atoms with Crippen LogP contribution in [-0.4, -0.2) is 54.3 Å². The van der Waals surface area contributed by atoms with Crippen molar-refractivity contribution < 1.29 is 22.7 Å². The summed E-state index contributed by atoms with van der Waals surface area (Å²) in [4.78, 5) is 18.9. The van der Waals surface area contributed by atoms with Gasteiger partial charge < -0.3 is 26.4 Å².